The van der Waals surface area contributed by atoms with Gasteiger partial charge in [0, 0.05) is 35.1 Å². The molecule has 0 aliphatic carbocycles. The normalized spacial score (nSPS) is 17.4. The van der Waals surface area contributed by atoms with Crippen LogP contribution in [0.25, 0.3) is 0 Å². The molecule has 4 aromatic rings. The van der Waals surface area contributed by atoms with Crippen LogP contribution in [0.3, 0.4) is 0 Å². The Bertz CT molecular complexity index is 2320. The second kappa shape index (κ2) is 18.7. The maximum Gasteiger partial charge on any atom is 0.343 e. The molecule has 62 heavy (non-hydrogen) atoms. The van der Waals surface area contributed by atoms with Crippen LogP contribution in [0.5, 0.6) is 46.0 Å². The van der Waals surface area contributed by atoms with E-state index in [0.717, 1.165) is 12.2 Å². The summed E-state index contributed by atoms with van der Waals surface area (Å²) in [5, 5.41) is 20.6. The van der Waals surface area contributed by atoms with Gasteiger partial charge in [0.2, 0.25) is 0 Å². The van der Waals surface area contributed by atoms with Crippen molar-refractivity contribution in [3.05, 3.63) is 119 Å². The SMILES string of the molecule is C=CC(=O)Oc1ccc(C(=O)Oc2ccc(C(=O)O)c([C@@H]3CO[C@@H]4[C@H]3OC[C@H]4c3c(C(=O)O)ccc(OC(=O)c4ccc(OC(=O)C=C)c(OC)c4)c3OC)c2OC)cc1OC. The Hall–Kier alpha value is -7.70. The molecule has 0 bridgehead atoms. The van der Waals surface area contributed by atoms with Gasteiger partial charge in [-0.1, -0.05) is 13.2 Å². The summed E-state index contributed by atoms with van der Waals surface area (Å²) in [5.74, 6) is -8.06. The molecular formula is C44H38O18. The van der Waals surface area contributed by atoms with Crippen LogP contribution in [0.2, 0.25) is 0 Å². The molecule has 2 saturated heterocycles. The van der Waals surface area contributed by atoms with Gasteiger partial charge in [-0.05, 0) is 60.7 Å². The van der Waals surface area contributed by atoms with E-state index in [2.05, 4.69) is 13.2 Å². The molecular weight excluding hydrogens is 816 g/mol. The predicted octanol–water partition coefficient (Wildman–Crippen LogP) is 5.40. The lowest BCUT2D eigenvalue weighted by molar-refractivity contribution is -0.130. The number of carbonyl (C=O) groups excluding carboxylic acids is 4. The lowest BCUT2D eigenvalue weighted by Crippen LogP contribution is -2.27. The van der Waals surface area contributed by atoms with E-state index in [9.17, 15) is 39.0 Å². The summed E-state index contributed by atoms with van der Waals surface area (Å²) >= 11 is 0. The van der Waals surface area contributed by atoms with Crippen molar-refractivity contribution in [2.75, 3.05) is 41.7 Å². The van der Waals surface area contributed by atoms with Crippen molar-refractivity contribution < 1.29 is 86.3 Å². The highest BCUT2D eigenvalue weighted by molar-refractivity contribution is 5.96. The van der Waals surface area contributed by atoms with Crippen LogP contribution >= 0.6 is 0 Å². The van der Waals surface area contributed by atoms with Crippen LogP contribution in [-0.2, 0) is 19.1 Å². The lowest BCUT2D eigenvalue weighted by atomic mass is 9.84. The Morgan fingerprint density at radius 3 is 1.23 bits per heavy atom. The molecule has 0 amide bonds. The monoisotopic (exact) mass is 854 g/mol. The van der Waals surface area contributed by atoms with Gasteiger partial charge in [-0.15, -0.1) is 0 Å². The van der Waals surface area contributed by atoms with Crippen molar-refractivity contribution in [2.45, 2.75) is 24.0 Å². The highest BCUT2D eigenvalue weighted by Gasteiger charge is 2.52. The Labute approximate surface area is 352 Å². The Balaban J connectivity index is 1.31. The molecule has 18 heteroatoms. The average molecular weight is 855 g/mol. The molecule has 0 aromatic heterocycles. The van der Waals surface area contributed by atoms with Crippen molar-refractivity contribution in [3.8, 4) is 46.0 Å². The number of ether oxygens (including phenoxy) is 10. The van der Waals surface area contributed by atoms with Crippen LogP contribution in [-0.4, -0.2) is 99.9 Å². The minimum atomic E-state index is -1.34. The van der Waals surface area contributed by atoms with E-state index < -0.39 is 59.9 Å². The highest BCUT2D eigenvalue weighted by Crippen LogP contribution is 2.52. The maximum atomic E-state index is 13.4. The van der Waals surface area contributed by atoms with Gasteiger partial charge in [-0.25, -0.2) is 28.8 Å². The Morgan fingerprint density at radius 1 is 0.532 bits per heavy atom. The predicted molar refractivity (Wildman–Crippen MR) is 212 cm³/mol. The molecule has 0 radical (unpaired) electrons. The fourth-order valence-corrected chi connectivity index (χ4v) is 7.22. The van der Waals surface area contributed by atoms with Gasteiger partial charge < -0.3 is 57.6 Å². The number of esters is 4. The van der Waals surface area contributed by atoms with Crippen LogP contribution in [0.15, 0.2) is 86.0 Å². The zero-order valence-corrected chi connectivity index (χ0v) is 33.5. The quantitative estimate of drug-likeness (QED) is 0.0815. The molecule has 322 valence electrons. The summed E-state index contributed by atoms with van der Waals surface area (Å²) in [6.45, 7) is 6.43. The van der Waals surface area contributed by atoms with E-state index in [1.807, 2.05) is 0 Å². The van der Waals surface area contributed by atoms with E-state index in [-0.39, 0.29) is 92.6 Å². The van der Waals surface area contributed by atoms with Gasteiger partial charge in [0.1, 0.15) is 0 Å². The number of carboxylic acids is 2. The molecule has 0 spiro atoms. The molecule has 4 atom stereocenters. The second-order valence-electron chi connectivity index (χ2n) is 13.3. The molecule has 0 unspecified atom stereocenters. The second-order valence-corrected chi connectivity index (χ2v) is 13.3. The summed E-state index contributed by atoms with van der Waals surface area (Å²) in [4.78, 5) is 75.7. The first-order valence-corrected chi connectivity index (χ1v) is 18.4. The molecule has 2 aliphatic rings. The molecule has 4 aromatic carbocycles. The first-order valence-electron chi connectivity index (χ1n) is 18.4. The van der Waals surface area contributed by atoms with E-state index in [0.29, 0.717) is 0 Å². The smallest absolute Gasteiger partial charge is 0.343 e. The van der Waals surface area contributed by atoms with Crippen LogP contribution in [0.4, 0.5) is 0 Å². The first kappa shape index (κ1) is 43.9. The van der Waals surface area contributed by atoms with Crippen LogP contribution in [0, 0.1) is 0 Å². The van der Waals surface area contributed by atoms with Crippen molar-refractivity contribution in [1.29, 1.82) is 0 Å². The number of benzene rings is 4. The number of hydrogen-bond donors (Lipinski definition) is 2. The molecule has 0 saturated carbocycles. The summed E-state index contributed by atoms with van der Waals surface area (Å²) < 4.78 is 56.1. The highest BCUT2D eigenvalue weighted by atomic mass is 16.6. The van der Waals surface area contributed by atoms with Gasteiger partial charge >= 0.3 is 35.8 Å². The number of aromatic carboxylic acids is 2. The van der Waals surface area contributed by atoms with E-state index in [1.54, 1.807) is 0 Å². The Kier molecular flexibility index (Phi) is 13.2. The number of hydrogen-bond acceptors (Lipinski definition) is 16. The largest absolute Gasteiger partial charge is 0.493 e. The molecule has 18 nitrogen and oxygen atoms in total. The number of carboxylic acid groups (broad SMARTS) is 2. The topological polar surface area (TPSA) is 235 Å². The molecule has 6 rings (SSSR count). The Morgan fingerprint density at radius 2 is 0.903 bits per heavy atom. The number of rotatable bonds is 16. The van der Waals surface area contributed by atoms with Crippen molar-refractivity contribution in [3.63, 3.8) is 0 Å². The summed E-state index contributed by atoms with van der Waals surface area (Å²) in [7, 11) is 5.13. The zero-order valence-electron chi connectivity index (χ0n) is 33.5. The third-order valence-electron chi connectivity index (χ3n) is 9.94. The minimum Gasteiger partial charge on any atom is -0.493 e. The fourth-order valence-electron chi connectivity index (χ4n) is 7.22. The summed E-state index contributed by atoms with van der Waals surface area (Å²) in [5.41, 5.74) is -0.290. The van der Waals surface area contributed by atoms with Gasteiger partial charge in [0.25, 0.3) is 0 Å². The van der Waals surface area contributed by atoms with Crippen molar-refractivity contribution in [1.82, 2.24) is 0 Å². The van der Waals surface area contributed by atoms with Gasteiger partial charge in [-0.2, -0.15) is 0 Å². The van der Waals surface area contributed by atoms with Crippen LogP contribution in [0.1, 0.15) is 64.4 Å². The van der Waals surface area contributed by atoms with E-state index in [1.165, 1.54) is 89.1 Å². The summed E-state index contributed by atoms with van der Waals surface area (Å²) in [6.07, 6.45) is 0.120. The average Bonchev–Trinajstić information content (AvgIpc) is 3.88. The first-order chi connectivity index (χ1) is 29.8. The minimum absolute atomic E-state index is 0.0161. The standard InChI is InChI=1S/C44H38O18/c1-7-33(45)59-27-13-9-21(17-31(27)53-3)43(51)61-29-15-11-23(41(47)48)35(39(29)55-5)25-19-57-38-26(20-58-37(25)38)36-24(42(49)50)12-16-30(40(36)56-6)62-44(52)22-10-14-28(32(18-22)54-4)60-34(46)8-2/h7-18,25-26,37-38H,1-2,19-20H2,3-6H3,(H,47,48)(H,49,50)/t25-,26-,37-,38-/m0/s1. The third kappa shape index (κ3) is 8.63. The number of fused-ring (bicyclic) bond motifs is 1. The van der Waals surface area contributed by atoms with Crippen molar-refractivity contribution in [2.24, 2.45) is 0 Å². The third-order valence-corrected chi connectivity index (χ3v) is 9.94. The van der Waals surface area contributed by atoms with Crippen molar-refractivity contribution >= 4 is 35.8 Å². The molecule has 2 fully saturated rings. The summed E-state index contributed by atoms with van der Waals surface area (Å²) in [6, 6.07) is 12.8. The molecule has 2 heterocycles. The number of methoxy groups -OCH3 is 4. The number of carbonyl (C=O) groups is 6. The fraction of sp³-hybridized carbons (Fsp3) is 0.227. The van der Waals surface area contributed by atoms with Gasteiger partial charge in [0.15, 0.2) is 46.0 Å². The van der Waals surface area contributed by atoms with E-state index in [4.69, 9.17) is 47.4 Å². The van der Waals surface area contributed by atoms with E-state index >= 15 is 0 Å². The van der Waals surface area contributed by atoms with Gasteiger partial charge in [-0.3, -0.25) is 0 Å². The van der Waals surface area contributed by atoms with Gasteiger partial charge in [0.05, 0.1) is 76.1 Å². The zero-order chi connectivity index (χ0) is 44.8. The molecule has 2 aliphatic heterocycles. The molecule has 2 N–H and O–H groups in total. The lowest BCUT2D eigenvalue weighted by Gasteiger charge is -2.23. The maximum absolute atomic E-state index is 13.4. The van der Waals surface area contributed by atoms with Crippen LogP contribution < -0.4 is 37.9 Å².